The zero-order valence-corrected chi connectivity index (χ0v) is 16.1. The first-order chi connectivity index (χ1) is 13.0. The summed E-state index contributed by atoms with van der Waals surface area (Å²) in [6.07, 6.45) is 1.17. The predicted octanol–water partition coefficient (Wildman–Crippen LogP) is 4.08. The topological polar surface area (TPSA) is 58.6 Å². The van der Waals surface area contributed by atoms with Crippen molar-refractivity contribution in [2.75, 3.05) is 23.4 Å². The van der Waals surface area contributed by atoms with Crippen LogP contribution >= 0.6 is 0 Å². The number of hydrogen-bond acceptors (Lipinski definition) is 3. The number of carbonyl (C=O) groups is 2. The number of anilines is 2. The second-order valence-electron chi connectivity index (χ2n) is 7.00. The Balaban J connectivity index is 1.67. The Morgan fingerprint density at radius 1 is 1.15 bits per heavy atom. The summed E-state index contributed by atoms with van der Waals surface area (Å²) in [6.45, 7) is 7.06. The van der Waals surface area contributed by atoms with Crippen LogP contribution < -0.4 is 15.0 Å². The maximum atomic E-state index is 12.7. The molecule has 1 aliphatic rings. The van der Waals surface area contributed by atoms with E-state index in [2.05, 4.69) is 12.2 Å². The Hall–Kier alpha value is -2.82. The van der Waals surface area contributed by atoms with Crippen molar-refractivity contribution in [1.29, 1.82) is 0 Å². The SMILES string of the molecule is CCCOc1ccc(N2C[C@@H](C(=O)Nc3c(C)cccc3C)CC2=O)cc1. The molecule has 5 heteroatoms. The maximum absolute atomic E-state index is 12.7. The molecule has 1 aliphatic heterocycles. The fourth-order valence-corrected chi connectivity index (χ4v) is 3.31. The fraction of sp³-hybridized carbons (Fsp3) is 0.364. The van der Waals surface area contributed by atoms with Gasteiger partial charge in [-0.1, -0.05) is 25.1 Å². The van der Waals surface area contributed by atoms with Gasteiger partial charge in [-0.3, -0.25) is 9.59 Å². The van der Waals surface area contributed by atoms with Gasteiger partial charge in [0.1, 0.15) is 5.75 Å². The van der Waals surface area contributed by atoms with Crippen molar-refractivity contribution >= 4 is 23.2 Å². The molecule has 0 bridgehead atoms. The number of rotatable bonds is 6. The lowest BCUT2D eigenvalue weighted by Gasteiger charge is -2.18. The first-order valence-corrected chi connectivity index (χ1v) is 9.40. The highest BCUT2D eigenvalue weighted by atomic mass is 16.5. The molecule has 1 N–H and O–H groups in total. The van der Waals surface area contributed by atoms with Gasteiger partial charge in [-0.15, -0.1) is 0 Å². The lowest BCUT2D eigenvalue weighted by atomic mass is 10.1. The van der Waals surface area contributed by atoms with Gasteiger partial charge >= 0.3 is 0 Å². The number of nitrogens with zero attached hydrogens (tertiary/aromatic N) is 1. The monoisotopic (exact) mass is 366 g/mol. The average Bonchev–Trinajstić information content (AvgIpc) is 3.05. The van der Waals surface area contributed by atoms with Gasteiger partial charge in [0.05, 0.1) is 12.5 Å². The van der Waals surface area contributed by atoms with Crippen LogP contribution in [-0.4, -0.2) is 25.0 Å². The molecule has 5 nitrogen and oxygen atoms in total. The molecule has 2 aromatic rings. The largest absolute Gasteiger partial charge is 0.494 e. The van der Waals surface area contributed by atoms with Crippen LogP contribution in [0.2, 0.25) is 0 Å². The first kappa shape index (κ1) is 19.0. The molecule has 0 aliphatic carbocycles. The number of benzene rings is 2. The molecule has 0 aromatic heterocycles. The first-order valence-electron chi connectivity index (χ1n) is 9.40. The Morgan fingerprint density at radius 2 is 1.81 bits per heavy atom. The molecule has 3 rings (SSSR count). The van der Waals surface area contributed by atoms with E-state index >= 15 is 0 Å². The summed E-state index contributed by atoms with van der Waals surface area (Å²) in [6, 6.07) is 13.4. The summed E-state index contributed by atoms with van der Waals surface area (Å²) in [5.41, 5.74) is 3.68. The van der Waals surface area contributed by atoms with Crippen LogP contribution in [0.4, 0.5) is 11.4 Å². The van der Waals surface area contributed by atoms with Crippen molar-refractivity contribution in [3.63, 3.8) is 0 Å². The van der Waals surface area contributed by atoms with Gasteiger partial charge in [0.25, 0.3) is 0 Å². The lowest BCUT2D eigenvalue weighted by Crippen LogP contribution is -2.28. The predicted molar refractivity (Wildman–Crippen MR) is 107 cm³/mol. The van der Waals surface area contributed by atoms with E-state index in [0.29, 0.717) is 13.2 Å². The molecular weight excluding hydrogens is 340 g/mol. The number of hydrogen-bond donors (Lipinski definition) is 1. The van der Waals surface area contributed by atoms with Crippen molar-refractivity contribution in [2.45, 2.75) is 33.6 Å². The molecule has 142 valence electrons. The third kappa shape index (κ3) is 4.30. The minimum absolute atomic E-state index is 0.0288. The van der Waals surface area contributed by atoms with E-state index in [9.17, 15) is 9.59 Å². The lowest BCUT2D eigenvalue weighted by molar-refractivity contribution is -0.122. The van der Waals surface area contributed by atoms with E-state index in [1.54, 1.807) is 4.90 Å². The van der Waals surface area contributed by atoms with Gasteiger partial charge in [0.15, 0.2) is 0 Å². The number of ether oxygens (including phenoxy) is 1. The summed E-state index contributed by atoms with van der Waals surface area (Å²) >= 11 is 0. The van der Waals surface area contributed by atoms with Crippen molar-refractivity contribution < 1.29 is 14.3 Å². The van der Waals surface area contributed by atoms with Crippen molar-refractivity contribution in [1.82, 2.24) is 0 Å². The second-order valence-corrected chi connectivity index (χ2v) is 7.00. The van der Waals surface area contributed by atoms with E-state index in [0.717, 1.165) is 34.7 Å². The van der Waals surface area contributed by atoms with E-state index in [-0.39, 0.29) is 24.2 Å². The normalized spacial score (nSPS) is 16.5. The standard InChI is InChI=1S/C22H26N2O3/c1-4-12-27-19-10-8-18(9-11-19)24-14-17(13-20(24)25)22(26)23-21-15(2)6-5-7-16(21)3/h5-11,17H,4,12-14H2,1-3H3,(H,23,26)/t17-/m0/s1. The summed E-state index contributed by atoms with van der Waals surface area (Å²) < 4.78 is 5.58. The highest BCUT2D eigenvalue weighted by Crippen LogP contribution is 2.28. The van der Waals surface area contributed by atoms with E-state index in [1.165, 1.54) is 0 Å². The molecular formula is C22H26N2O3. The maximum Gasteiger partial charge on any atom is 0.229 e. The van der Waals surface area contributed by atoms with Gasteiger partial charge in [0, 0.05) is 24.3 Å². The van der Waals surface area contributed by atoms with Gasteiger partial charge in [-0.2, -0.15) is 0 Å². The fourth-order valence-electron chi connectivity index (χ4n) is 3.31. The molecule has 2 amide bonds. The third-order valence-corrected chi connectivity index (χ3v) is 4.85. The Kier molecular flexibility index (Phi) is 5.79. The Bertz CT molecular complexity index is 810. The molecule has 0 saturated carbocycles. The number of para-hydroxylation sites is 1. The van der Waals surface area contributed by atoms with Gasteiger partial charge in [-0.05, 0) is 55.7 Å². The van der Waals surface area contributed by atoms with Crippen LogP contribution in [0.5, 0.6) is 5.75 Å². The van der Waals surface area contributed by atoms with Crippen LogP contribution in [0, 0.1) is 19.8 Å². The minimum Gasteiger partial charge on any atom is -0.494 e. The van der Waals surface area contributed by atoms with Crippen molar-refractivity contribution in [3.05, 3.63) is 53.6 Å². The van der Waals surface area contributed by atoms with Crippen molar-refractivity contribution in [2.24, 2.45) is 5.92 Å². The summed E-state index contributed by atoms with van der Waals surface area (Å²) in [4.78, 5) is 26.8. The highest BCUT2D eigenvalue weighted by Gasteiger charge is 2.35. The van der Waals surface area contributed by atoms with Crippen LogP contribution in [0.15, 0.2) is 42.5 Å². The zero-order valence-electron chi connectivity index (χ0n) is 16.1. The molecule has 2 aromatic carbocycles. The Labute approximate surface area is 160 Å². The van der Waals surface area contributed by atoms with E-state index in [1.807, 2.05) is 56.3 Å². The molecule has 1 atom stereocenters. The quantitative estimate of drug-likeness (QED) is 0.838. The van der Waals surface area contributed by atoms with Crippen LogP contribution in [0.1, 0.15) is 30.9 Å². The molecule has 0 radical (unpaired) electrons. The Morgan fingerprint density at radius 3 is 2.44 bits per heavy atom. The molecule has 0 unspecified atom stereocenters. The number of aryl methyl sites for hydroxylation is 2. The smallest absolute Gasteiger partial charge is 0.229 e. The molecule has 1 saturated heterocycles. The second kappa shape index (κ2) is 8.25. The summed E-state index contributed by atoms with van der Waals surface area (Å²) in [7, 11) is 0. The van der Waals surface area contributed by atoms with E-state index in [4.69, 9.17) is 4.74 Å². The summed E-state index contributed by atoms with van der Waals surface area (Å²) in [5, 5.41) is 3.01. The minimum atomic E-state index is -0.354. The molecule has 1 fully saturated rings. The third-order valence-electron chi connectivity index (χ3n) is 4.85. The number of amides is 2. The van der Waals surface area contributed by atoms with Gasteiger partial charge in [-0.25, -0.2) is 0 Å². The van der Waals surface area contributed by atoms with E-state index < -0.39 is 0 Å². The van der Waals surface area contributed by atoms with Gasteiger partial charge in [0.2, 0.25) is 11.8 Å². The number of carbonyl (C=O) groups excluding carboxylic acids is 2. The summed E-state index contributed by atoms with van der Waals surface area (Å²) in [5.74, 6) is 0.300. The van der Waals surface area contributed by atoms with Crippen LogP contribution in [0.3, 0.4) is 0 Å². The average molecular weight is 366 g/mol. The molecule has 0 spiro atoms. The van der Waals surface area contributed by atoms with Gasteiger partial charge < -0.3 is 15.0 Å². The van der Waals surface area contributed by atoms with Crippen molar-refractivity contribution in [3.8, 4) is 5.75 Å². The highest BCUT2D eigenvalue weighted by molar-refractivity contribution is 6.03. The number of nitrogens with one attached hydrogen (secondary N) is 1. The zero-order chi connectivity index (χ0) is 19.4. The van der Waals surface area contributed by atoms with Crippen LogP contribution in [0.25, 0.3) is 0 Å². The molecule has 1 heterocycles. The molecule has 27 heavy (non-hydrogen) atoms. The van der Waals surface area contributed by atoms with Crippen LogP contribution in [-0.2, 0) is 9.59 Å².